The molecular formula is C25H29F3N4O6. The van der Waals surface area contributed by atoms with Gasteiger partial charge in [0.15, 0.2) is 11.5 Å². The summed E-state index contributed by atoms with van der Waals surface area (Å²) in [7, 11) is 5.57. The van der Waals surface area contributed by atoms with Crippen molar-refractivity contribution in [1.29, 1.82) is 0 Å². The highest BCUT2D eigenvalue weighted by molar-refractivity contribution is 5.41. The lowest BCUT2D eigenvalue weighted by molar-refractivity contribution is -0.137. The van der Waals surface area contributed by atoms with Crippen molar-refractivity contribution >= 4 is 0 Å². The van der Waals surface area contributed by atoms with Crippen LogP contribution in [-0.4, -0.2) is 48.0 Å². The number of alkyl halides is 3. The van der Waals surface area contributed by atoms with E-state index in [0.29, 0.717) is 5.75 Å². The quantitative estimate of drug-likeness (QED) is 0.463. The molecule has 1 aliphatic carbocycles. The molecule has 4 rings (SSSR count). The summed E-state index contributed by atoms with van der Waals surface area (Å²) in [6.45, 7) is 0. The van der Waals surface area contributed by atoms with Gasteiger partial charge in [-0.3, -0.25) is 9.59 Å². The highest BCUT2D eigenvalue weighted by Crippen LogP contribution is 2.31. The predicted octanol–water partition coefficient (Wildman–Crippen LogP) is 4.03. The average molecular weight is 539 g/mol. The van der Waals surface area contributed by atoms with Crippen molar-refractivity contribution in [3.8, 4) is 28.7 Å². The van der Waals surface area contributed by atoms with Gasteiger partial charge in [-0.1, -0.05) is 25.3 Å². The van der Waals surface area contributed by atoms with E-state index < -0.39 is 17.3 Å². The standard InChI is InChI=1S/C13H11F3N2O3.C12H18N2O3/c1-20-10-7-17-18(12(19)11(10)21-2)9-5-3-4-8(6-9)13(14,15)16;1-16-10-8-13-14(12(15)11(10)17-2)9-6-4-3-5-7-9/h3-7H,1-2H3;8-9H,3-7H2,1-2H3. The summed E-state index contributed by atoms with van der Waals surface area (Å²) in [6, 6.07) is 4.49. The Bertz CT molecular complexity index is 1350. The van der Waals surface area contributed by atoms with E-state index in [2.05, 4.69) is 10.2 Å². The Hall–Kier alpha value is -4.03. The minimum Gasteiger partial charge on any atom is -0.491 e. The van der Waals surface area contributed by atoms with Gasteiger partial charge in [-0.2, -0.15) is 28.1 Å². The van der Waals surface area contributed by atoms with E-state index in [1.807, 2.05) is 0 Å². The molecule has 0 unspecified atom stereocenters. The fourth-order valence-corrected chi connectivity index (χ4v) is 4.11. The number of rotatable bonds is 6. The lowest BCUT2D eigenvalue weighted by Crippen LogP contribution is -2.29. The molecule has 1 fully saturated rings. The maximum atomic E-state index is 12.7. The van der Waals surface area contributed by atoms with Crippen LogP contribution in [0.1, 0.15) is 43.7 Å². The van der Waals surface area contributed by atoms with Crippen molar-refractivity contribution in [2.45, 2.75) is 44.3 Å². The minimum atomic E-state index is -4.50. The molecule has 0 radical (unpaired) electrons. The van der Waals surface area contributed by atoms with Crippen molar-refractivity contribution < 1.29 is 32.1 Å². The number of hydrogen-bond donors (Lipinski definition) is 0. The fourth-order valence-electron chi connectivity index (χ4n) is 4.11. The van der Waals surface area contributed by atoms with E-state index in [0.717, 1.165) is 42.5 Å². The normalized spacial score (nSPS) is 13.8. The average Bonchev–Trinajstić information content (AvgIpc) is 2.93. The topological polar surface area (TPSA) is 107 Å². The summed E-state index contributed by atoms with van der Waals surface area (Å²) in [5.41, 5.74) is -1.80. The van der Waals surface area contributed by atoms with Crippen LogP contribution in [0.25, 0.3) is 5.69 Å². The largest absolute Gasteiger partial charge is 0.491 e. The Morgan fingerprint density at radius 1 is 0.816 bits per heavy atom. The molecule has 0 aliphatic heterocycles. The lowest BCUT2D eigenvalue weighted by atomic mass is 9.96. The Balaban J connectivity index is 0.000000215. The van der Waals surface area contributed by atoms with Crippen LogP contribution >= 0.6 is 0 Å². The van der Waals surface area contributed by atoms with E-state index in [9.17, 15) is 22.8 Å². The summed E-state index contributed by atoms with van der Waals surface area (Å²) < 4.78 is 60.4. The summed E-state index contributed by atoms with van der Waals surface area (Å²) in [5, 5.41) is 7.96. The number of hydrogen-bond acceptors (Lipinski definition) is 8. The molecule has 13 heteroatoms. The molecule has 1 saturated carbocycles. The molecule has 1 aliphatic rings. The number of ether oxygens (including phenoxy) is 4. The molecule has 2 aromatic heterocycles. The van der Waals surface area contributed by atoms with Gasteiger partial charge in [-0.25, -0.2) is 4.68 Å². The molecule has 0 bridgehead atoms. The van der Waals surface area contributed by atoms with Crippen LogP contribution < -0.4 is 30.1 Å². The molecule has 3 aromatic rings. The van der Waals surface area contributed by atoms with Gasteiger partial charge in [0.1, 0.15) is 0 Å². The SMILES string of the molecule is COc1cnn(-c2cccc(C(F)(F)F)c2)c(=O)c1OC.COc1cnn(C2CCCCC2)c(=O)c1OC. The second-order valence-electron chi connectivity index (χ2n) is 8.30. The third-order valence-corrected chi connectivity index (χ3v) is 6.01. The second kappa shape index (κ2) is 12.5. The highest BCUT2D eigenvalue weighted by Gasteiger charge is 2.31. The third kappa shape index (κ3) is 6.26. The van der Waals surface area contributed by atoms with Crippen LogP contribution in [0.5, 0.6) is 23.0 Å². The van der Waals surface area contributed by atoms with Gasteiger partial charge < -0.3 is 18.9 Å². The zero-order valence-electron chi connectivity index (χ0n) is 21.4. The summed E-state index contributed by atoms with van der Waals surface area (Å²) in [4.78, 5) is 24.3. The van der Waals surface area contributed by atoms with Gasteiger partial charge in [0.2, 0.25) is 11.5 Å². The van der Waals surface area contributed by atoms with E-state index >= 15 is 0 Å². The molecule has 0 N–H and O–H groups in total. The van der Waals surface area contributed by atoms with Crippen molar-refractivity contribution in [3.63, 3.8) is 0 Å². The first-order chi connectivity index (χ1) is 18.2. The molecule has 38 heavy (non-hydrogen) atoms. The number of methoxy groups -OCH3 is 4. The molecule has 0 atom stereocenters. The van der Waals surface area contributed by atoms with Crippen LogP contribution in [0.3, 0.4) is 0 Å². The lowest BCUT2D eigenvalue weighted by Gasteiger charge is -2.23. The van der Waals surface area contributed by atoms with Crippen molar-refractivity contribution in [2.75, 3.05) is 28.4 Å². The Labute approximate surface area is 216 Å². The van der Waals surface area contributed by atoms with Crippen molar-refractivity contribution in [1.82, 2.24) is 19.6 Å². The number of aromatic nitrogens is 4. The first-order valence-electron chi connectivity index (χ1n) is 11.7. The maximum Gasteiger partial charge on any atom is 0.416 e. The Morgan fingerprint density at radius 3 is 1.95 bits per heavy atom. The fraction of sp³-hybridized carbons (Fsp3) is 0.440. The van der Waals surface area contributed by atoms with Gasteiger partial charge in [0.25, 0.3) is 0 Å². The van der Waals surface area contributed by atoms with Gasteiger partial charge >= 0.3 is 17.3 Å². The molecule has 206 valence electrons. The van der Waals surface area contributed by atoms with Crippen LogP contribution in [0, 0.1) is 0 Å². The summed E-state index contributed by atoms with van der Waals surface area (Å²) in [5.74, 6) is 0.605. The Morgan fingerprint density at radius 2 is 1.39 bits per heavy atom. The molecule has 10 nitrogen and oxygen atoms in total. The molecule has 0 spiro atoms. The van der Waals surface area contributed by atoms with Crippen molar-refractivity contribution in [2.24, 2.45) is 0 Å². The highest BCUT2D eigenvalue weighted by atomic mass is 19.4. The smallest absolute Gasteiger partial charge is 0.416 e. The van der Waals surface area contributed by atoms with Crippen LogP contribution in [0.2, 0.25) is 0 Å². The monoisotopic (exact) mass is 538 g/mol. The number of nitrogens with zero attached hydrogens (tertiary/aromatic N) is 4. The predicted molar refractivity (Wildman–Crippen MR) is 132 cm³/mol. The zero-order chi connectivity index (χ0) is 27.9. The van der Waals surface area contributed by atoms with Crippen molar-refractivity contribution in [3.05, 3.63) is 62.9 Å². The summed E-state index contributed by atoms with van der Waals surface area (Å²) in [6.07, 6.45) is 3.84. The van der Waals surface area contributed by atoms with Gasteiger partial charge in [-0.15, -0.1) is 0 Å². The van der Waals surface area contributed by atoms with Crippen LogP contribution in [0.15, 0.2) is 46.2 Å². The number of halogens is 3. The van der Waals surface area contributed by atoms with E-state index in [4.69, 9.17) is 18.9 Å². The number of benzene rings is 1. The molecule has 0 saturated heterocycles. The molecular weight excluding hydrogens is 509 g/mol. The summed E-state index contributed by atoms with van der Waals surface area (Å²) >= 11 is 0. The van der Waals surface area contributed by atoms with E-state index in [1.165, 1.54) is 53.2 Å². The van der Waals surface area contributed by atoms with Crippen LogP contribution in [-0.2, 0) is 6.18 Å². The second-order valence-corrected chi connectivity index (χ2v) is 8.30. The first-order valence-corrected chi connectivity index (χ1v) is 11.7. The van der Waals surface area contributed by atoms with E-state index in [1.54, 1.807) is 10.9 Å². The molecule has 1 aromatic carbocycles. The van der Waals surface area contributed by atoms with E-state index in [-0.39, 0.29) is 34.5 Å². The molecule has 2 heterocycles. The third-order valence-electron chi connectivity index (χ3n) is 6.01. The van der Waals surface area contributed by atoms with Crippen LogP contribution in [0.4, 0.5) is 13.2 Å². The van der Waals surface area contributed by atoms with Gasteiger partial charge in [0, 0.05) is 0 Å². The molecule has 0 amide bonds. The maximum absolute atomic E-state index is 12.7. The first kappa shape index (κ1) is 28.5. The van der Waals surface area contributed by atoms with Gasteiger partial charge in [0.05, 0.1) is 58.1 Å². The Kier molecular flexibility index (Phi) is 9.37. The zero-order valence-corrected chi connectivity index (χ0v) is 21.4. The van der Waals surface area contributed by atoms with Gasteiger partial charge in [-0.05, 0) is 31.0 Å². The minimum absolute atomic E-state index is 0.0178.